The Balaban J connectivity index is 2.32. The van der Waals surface area contributed by atoms with E-state index in [-0.39, 0.29) is 0 Å². The molecular formula is C7H15NOS. The second-order valence-electron chi connectivity index (χ2n) is 3.06. The summed E-state index contributed by atoms with van der Waals surface area (Å²) >= 11 is -0.739. The Morgan fingerprint density at radius 2 is 2.30 bits per heavy atom. The predicted octanol–water partition coefficient (Wildman–Crippen LogP) is 1.01. The van der Waals surface area contributed by atoms with E-state index >= 15 is 0 Å². The topological polar surface area (TPSA) is 26.3 Å². The maximum atomic E-state index is 11.0. The summed E-state index contributed by atoms with van der Waals surface area (Å²) in [6, 6.07) is 0. The van der Waals surface area contributed by atoms with Gasteiger partial charge >= 0.3 is 0 Å². The van der Waals surface area contributed by atoms with Crippen molar-refractivity contribution in [2.45, 2.75) is 19.8 Å². The van der Waals surface area contributed by atoms with Crippen molar-refractivity contribution in [3.05, 3.63) is 0 Å². The molecule has 2 atom stereocenters. The van der Waals surface area contributed by atoms with Crippen LogP contribution in [0.4, 0.5) is 0 Å². The van der Waals surface area contributed by atoms with Crippen molar-refractivity contribution in [2.24, 2.45) is 5.92 Å². The van der Waals surface area contributed by atoms with Gasteiger partial charge in [-0.3, -0.25) is 0 Å². The molecule has 0 bridgehead atoms. The van der Waals surface area contributed by atoms with Crippen LogP contribution in [0.15, 0.2) is 0 Å². The lowest BCUT2D eigenvalue weighted by Crippen LogP contribution is -2.38. The van der Waals surface area contributed by atoms with Crippen LogP contribution in [-0.4, -0.2) is 28.2 Å². The number of rotatable bonds is 1. The fourth-order valence-electron chi connectivity index (χ4n) is 1.38. The number of nitrogens with zero attached hydrogens (tertiary/aromatic N) is 1. The fraction of sp³-hybridized carbons (Fsp3) is 1.00. The first-order chi connectivity index (χ1) is 4.70. The summed E-state index contributed by atoms with van der Waals surface area (Å²) < 4.78 is 13.0. The number of piperidine rings is 1. The molecule has 2 nitrogen and oxygen atoms in total. The van der Waals surface area contributed by atoms with Gasteiger partial charge in [-0.25, -0.2) is 0 Å². The Morgan fingerprint density at radius 1 is 1.60 bits per heavy atom. The molecule has 0 aromatic heterocycles. The van der Waals surface area contributed by atoms with Crippen LogP contribution in [0.5, 0.6) is 0 Å². The van der Waals surface area contributed by atoms with Crippen LogP contribution >= 0.6 is 0 Å². The Hall–Kier alpha value is 0.270. The van der Waals surface area contributed by atoms with Gasteiger partial charge < -0.3 is 4.55 Å². The molecule has 0 spiro atoms. The quantitative estimate of drug-likeness (QED) is 0.537. The van der Waals surface area contributed by atoms with Crippen LogP contribution in [0, 0.1) is 5.92 Å². The van der Waals surface area contributed by atoms with Crippen molar-refractivity contribution in [3.63, 3.8) is 0 Å². The highest BCUT2D eigenvalue weighted by Crippen LogP contribution is 2.17. The van der Waals surface area contributed by atoms with E-state index in [1.165, 1.54) is 12.8 Å². The zero-order valence-corrected chi connectivity index (χ0v) is 7.49. The first-order valence-electron chi connectivity index (χ1n) is 3.78. The van der Waals surface area contributed by atoms with Gasteiger partial charge in [0.15, 0.2) is 0 Å². The van der Waals surface area contributed by atoms with Gasteiger partial charge in [0.2, 0.25) is 0 Å². The fourth-order valence-corrected chi connectivity index (χ4v) is 2.23. The lowest BCUT2D eigenvalue weighted by Gasteiger charge is -2.29. The highest BCUT2D eigenvalue weighted by atomic mass is 32.2. The zero-order valence-electron chi connectivity index (χ0n) is 6.67. The number of hydrogen-bond acceptors (Lipinski definition) is 2. The van der Waals surface area contributed by atoms with Crippen molar-refractivity contribution in [1.82, 2.24) is 4.31 Å². The molecule has 60 valence electrons. The summed E-state index contributed by atoms with van der Waals surface area (Å²) in [5, 5.41) is 0. The summed E-state index contributed by atoms with van der Waals surface area (Å²) in [4.78, 5) is 0. The first kappa shape index (κ1) is 8.37. The lowest BCUT2D eigenvalue weighted by molar-refractivity contribution is 0.283. The van der Waals surface area contributed by atoms with Crippen molar-refractivity contribution >= 4 is 11.4 Å². The van der Waals surface area contributed by atoms with E-state index in [2.05, 4.69) is 6.92 Å². The van der Waals surface area contributed by atoms with Gasteiger partial charge in [0.25, 0.3) is 0 Å². The average Bonchev–Trinajstić information content (AvgIpc) is 1.88. The minimum absolute atomic E-state index is 0.734. The minimum Gasteiger partial charge on any atom is -0.598 e. The zero-order chi connectivity index (χ0) is 7.56. The summed E-state index contributed by atoms with van der Waals surface area (Å²) in [6.07, 6.45) is 4.27. The van der Waals surface area contributed by atoms with Crippen molar-refractivity contribution < 1.29 is 4.55 Å². The molecule has 0 amide bonds. The summed E-state index contributed by atoms with van der Waals surface area (Å²) in [6.45, 7) is 4.26. The largest absolute Gasteiger partial charge is 0.598 e. The molecule has 1 aliphatic rings. The SMILES string of the molecule is C[C@@H]1CCCN([S+](C)[O-])C1. The van der Waals surface area contributed by atoms with Gasteiger partial charge in [0, 0.05) is 24.5 Å². The van der Waals surface area contributed by atoms with Crippen molar-refractivity contribution in [2.75, 3.05) is 19.3 Å². The van der Waals surface area contributed by atoms with E-state index < -0.39 is 11.4 Å². The Morgan fingerprint density at radius 3 is 2.70 bits per heavy atom. The van der Waals surface area contributed by atoms with E-state index in [1.54, 1.807) is 6.26 Å². The van der Waals surface area contributed by atoms with Gasteiger partial charge in [-0.05, 0) is 18.8 Å². The molecule has 0 saturated carbocycles. The molecule has 1 heterocycles. The second-order valence-corrected chi connectivity index (χ2v) is 4.42. The molecule has 0 aromatic rings. The van der Waals surface area contributed by atoms with E-state index in [1.807, 2.05) is 4.31 Å². The third-order valence-corrected chi connectivity index (χ3v) is 3.04. The van der Waals surface area contributed by atoms with Crippen LogP contribution in [0.1, 0.15) is 19.8 Å². The van der Waals surface area contributed by atoms with E-state index in [4.69, 9.17) is 0 Å². The van der Waals surface area contributed by atoms with Crippen molar-refractivity contribution in [1.29, 1.82) is 0 Å². The molecule has 1 unspecified atom stereocenters. The molecule has 10 heavy (non-hydrogen) atoms. The summed E-state index contributed by atoms with van der Waals surface area (Å²) in [7, 11) is 0. The van der Waals surface area contributed by atoms with Crippen molar-refractivity contribution in [3.8, 4) is 0 Å². The van der Waals surface area contributed by atoms with Gasteiger partial charge in [0.05, 0.1) is 0 Å². The molecule has 1 rings (SSSR count). The van der Waals surface area contributed by atoms with Gasteiger partial charge in [-0.15, -0.1) is 4.31 Å². The molecule has 0 radical (unpaired) electrons. The Bertz CT molecular complexity index is 108. The maximum Gasteiger partial charge on any atom is 0.115 e. The molecule has 0 aromatic carbocycles. The van der Waals surface area contributed by atoms with Gasteiger partial charge in [0.1, 0.15) is 6.26 Å². The maximum absolute atomic E-state index is 11.0. The Kier molecular flexibility index (Phi) is 3.01. The third-order valence-electron chi connectivity index (χ3n) is 1.98. The highest BCUT2D eigenvalue weighted by molar-refractivity contribution is 7.88. The van der Waals surface area contributed by atoms with Gasteiger partial charge in [-0.2, -0.15) is 0 Å². The molecule has 0 N–H and O–H groups in total. The average molecular weight is 161 g/mol. The lowest BCUT2D eigenvalue weighted by atomic mass is 10.0. The molecule has 0 aliphatic carbocycles. The first-order valence-corrected chi connectivity index (χ1v) is 5.30. The molecule has 3 heteroatoms. The predicted molar refractivity (Wildman–Crippen MR) is 44.0 cm³/mol. The van der Waals surface area contributed by atoms with Gasteiger partial charge in [-0.1, -0.05) is 6.92 Å². The smallest absolute Gasteiger partial charge is 0.115 e. The molecule has 1 aliphatic heterocycles. The van der Waals surface area contributed by atoms with Crippen LogP contribution in [-0.2, 0) is 11.4 Å². The minimum atomic E-state index is -0.739. The second kappa shape index (κ2) is 3.60. The van der Waals surface area contributed by atoms with E-state index in [9.17, 15) is 4.55 Å². The van der Waals surface area contributed by atoms with Crippen LogP contribution in [0.25, 0.3) is 0 Å². The van der Waals surface area contributed by atoms with Crippen LogP contribution < -0.4 is 0 Å². The Labute approximate surface area is 65.9 Å². The number of hydrogen-bond donors (Lipinski definition) is 0. The standard InChI is InChI=1S/C7H15NOS/c1-7-4-3-5-8(6-7)10(2)9/h7H,3-6H2,1-2H3/t7-,10?/m1/s1. The van der Waals surface area contributed by atoms with Crippen LogP contribution in [0.3, 0.4) is 0 Å². The monoisotopic (exact) mass is 161 g/mol. The third kappa shape index (κ3) is 2.15. The molecule has 1 fully saturated rings. The summed E-state index contributed by atoms with van der Waals surface area (Å²) in [5.41, 5.74) is 0. The molecule has 1 saturated heterocycles. The van der Waals surface area contributed by atoms with E-state index in [0.717, 1.165) is 19.0 Å². The molecular weight excluding hydrogens is 146 g/mol. The normalized spacial score (nSPS) is 32.1. The van der Waals surface area contributed by atoms with Crippen LogP contribution in [0.2, 0.25) is 0 Å². The van der Waals surface area contributed by atoms with E-state index in [0.29, 0.717) is 0 Å². The highest BCUT2D eigenvalue weighted by Gasteiger charge is 2.22. The summed E-state index contributed by atoms with van der Waals surface area (Å²) in [5.74, 6) is 0.734.